The number of rotatable bonds is 8. The Balaban J connectivity index is 0.00000392. The van der Waals surface area contributed by atoms with Gasteiger partial charge in [0.15, 0.2) is 0 Å². The number of imidazole rings is 1. The zero-order valence-corrected chi connectivity index (χ0v) is 18.7. The van der Waals surface area contributed by atoms with Crippen molar-refractivity contribution in [1.82, 2.24) is 20.2 Å². The highest BCUT2D eigenvalue weighted by Gasteiger charge is 2.20. The minimum Gasteiger partial charge on any atom is -0.354 e. The minimum atomic E-state index is -0.677. The second kappa shape index (κ2) is 12.5. The van der Waals surface area contributed by atoms with Crippen molar-refractivity contribution in [2.75, 3.05) is 13.1 Å². The van der Waals surface area contributed by atoms with Crippen LogP contribution in [0.1, 0.15) is 32.0 Å². The van der Waals surface area contributed by atoms with Crippen LogP contribution in [-0.2, 0) is 22.6 Å². The number of carbonyl (C=O) groups is 2. The van der Waals surface area contributed by atoms with Crippen LogP contribution < -0.4 is 16.4 Å². The van der Waals surface area contributed by atoms with Crippen LogP contribution in [0.4, 0.5) is 0 Å². The number of hydrogen-bond acceptors (Lipinski definition) is 4. The van der Waals surface area contributed by atoms with Crippen molar-refractivity contribution in [3.05, 3.63) is 54.1 Å². The topological polar surface area (TPSA) is 102 Å². The lowest BCUT2D eigenvalue weighted by Gasteiger charge is -2.18. The Bertz CT molecular complexity index is 760. The highest BCUT2D eigenvalue weighted by Crippen LogP contribution is 2.11. The summed E-state index contributed by atoms with van der Waals surface area (Å²) in [5, 5.41) is 5.53. The lowest BCUT2D eigenvalue weighted by atomic mass is 9.96. The number of hydrogen-bond donors (Lipinski definition) is 3. The van der Waals surface area contributed by atoms with E-state index in [4.69, 9.17) is 5.73 Å². The molecule has 7 nitrogen and oxygen atoms in total. The maximum Gasteiger partial charge on any atom is 0.237 e. The summed E-state index contributed by atoms with van der Waals surface area (Å²) in [6.45, 7) is 6.97. The van der Waals surface area contributed by atoms with Crippen molar-refractivity contribution in [1.29, 1.82) is 0 Å². The van der Waals surface area contributed by atoms with Crippen LogP contribution >= 0.6 is 24.8 Å². The van der Waals surface area contributed by atoms with E-state index in [0.717, 1.165) is 12.2 Å². The molecule has 0 unspecified atom stereocenters. The SMILES string of the molecule is CC(C)(C)C(=O)NCCNC(=O)[C@@H](N)Cc1cn(Cc2ccccc2)cn1.Cl.Cl. The maximum atomic E-state index is 12.1. The molecule has 0 aliphatic carbocycles. The molecule has 2 aromatic rings. The van der Waals surface area contributed by atoms with E-state index in [-0.39, 0.29) is 36.6 Å². The number of halogens is 2. The molecule has 2 rings (SSSR count). The van der Waals surface area contributed by atoms with E-state index in [0.29, 0.717) is 19.5 Å². The van der Waals surface area contributed by atoms with Gasteiger partial charge < -0.3 is 20.9 Å². The average molecular weight is 444 g/mol. The number of nitrogens with two attached hydrogens (primary N) is 1. The molecule has 9 heteroatoms. The van der Waals surface area contributed by atoms with Gasteiger partial charge in [0.2, 0.25) is 11.8 Å². The predicted octanol–water partition coefficient (Wildman–Crippen LogP) is 1.92. The molecule has 0 aliphatic heterocycles. The largest absolute Gasteiger partial charge is 0.354 e. The van der Waals surface area contributed by atoms with Gasteiger partial charge in [-0.3, -0.25) is 9.59 Å². The second-order valence-corrected chi connectivity index (χ2v) is 7.63. The van der Waals surface area contributed by atoms with Crippen LogP contribution in [0.25, 0.3) is 0 Å². The molecule has 1 atom stereocenters. The molecule has 2 amide bonds. The summed E-state index contributed by atoms with van der Waals surface area (Å²) in [5.41, 5.74) is 7.48. The van der Waals surface area contributed by atoms with Gasteiger partial charge in [0.25, 0.3) is 0 Å². The van der Waals surface area contributed by atoms with E-state index in [9.17, 15) is 9.59 Å². The predicted molar refractivity (Wildman–Crippen MR) is 119 cm³/mol. The summed E-state index contributed by atoms with van der Waals surface area (Å²) in [6, 6.07) is 9.40. The first kappa shape index (κ1) is 26.9. The van der Waals surface area contributed by atoms with E-state index in [1.807, 2.05) is 49.7 Å². The summed E-state index contributed by atoms with van der Waals surface area (Å²) in [7, 11) is 0. The standard InChI is InChI=1S/C20H29N5O2.2ClH/c1-20(2,3)19(27)23-10-9-22-18(26)17(21)11-16-13-25(14-24-16)12-15-7-5-4-6-8-15;;/h4-8,13-14,17H,9-12,21H2,1-3H3,(H,22,26)(H,23,27);2*1H/t17-;;/m0../s1. The summed E-state index contributed by atoms with van der Waals surface area (Å²) >= 11 is 0. The molecule has 0 spiro atoms. The molecule has 0 bridgehead atoms. The van der Waals surface area contributed by atoms with E-state index in [1.54, 1.807) is 6.33 Å². The zero-order valence-electron chi connectivity index (χ0n) is 17.1. The fourth-order valence-corrected chi connectivity index (χ4v) is 2.47. The van der Waals surface area contributed by atoms with Gasteiger partial charge in [-0.15, -0.1) is 24.8 Å². The first-order valence-electron chi connectivity index (χ1n) is 9.12. The van der Waals surface area contributed by atoms with Crippen molar-refractivity contribution in [2.45, 2.75) is 39.8 Å². The lowest BCUT2D eigenvalue weighted by molar-refractivity contribution is -0.128. The molecule has 29 heavy (non-hydrogen) atoms. The Hall–Kier alpha value is -2.09. The average Bonchev–Trinajstić information content (AvgIpc) is 3.05. The minimum absolute atomic E-state index is 0. The second-order valence-electron chi connectivity index (χ2n) is 7.63. The van der Waals surface area contributed by atoms with Crippen molar-refractivity contribution < 1.29 is 9.59 Å². The summed E-state index contributed by atoms with van der Waals surface area (Å²) in [4.78, 5) is 28.2. The number of aromatic nitrogens is 2. The molecule has 0 aliphatic rings. The van der Waals surface area contributed by atoms with Crippen molar-refractivity contribution >= 4 is 36.6 Å². The van der Waals surface area contributed by atoms with Gasteiger partial charge in [-0.05, 0) is 5.56 Å². The molecule has 4 N–H and O–H groups in total. The number of amides is 2. The van der Waals surface area contributed by atoms with Gasteiger partial charge in [0.05, 0.1) is 18.1 Å². The van der Waals surface area contributed by atoms with Crippen molar-refractivity contribution in [2.24, 2.45) is 11.1 Å². The molecule has 0 saturated heterocycles. The van der Waals surface area contributed by atoms with Gasteiger partial charge in [0.1, 0.15) is 0 Å². The van der Waals surface area contributed by atoms with Gasteiger partial charge in [-0.2, -0.15) is 0 Å². The van der Waals surface area contributed by atoms with Crippen LogP contribution in [0, 0.1) is 5.41 Å². The maximum absolute atomic E-state index is 12.1. The van der Waals surface area contributed by atoms with E-state index < -0.39 is 11.5 Å². The van der Waals surface area contributed by atoms with E-state index in [1.165, 1.54) is 5.56 Å². The Kier molecular flexibility index (Phi) is 11.6. The summed E-state index contributed by atoms with van der Waals surface area (Å²) < 4.78 is 1.97. The molecule has 0 saturated carbocycles. The summed E-state index contributed by atoms with van der Waals surface area (Å²) in [5.74, 6) is -0.303. The first-order valence-corrected chi connectivity index (χ1v) is 9.12. The number of nitrogens with one attached hydrogen (secondary N) is 2. The Labute approximate surface area is 184 Å². The first-order chi connectivity index (χ1) is 12.8. The third-order valence-corrected chi connectivity index (χ3v) is 4.05. The number of benzene rings is 1. The van der Waals surface area contributed by atoms with Crippen LogP contribution in [0.5, 0.6) is 0 Å². The van der Waals surface area contributed by atoms with Crippen molar-refractivity contribution in [3.8, 4) is 0 Å². The molecule has 1 heterocycles. The molecular weight excluding hydrogens is 413 g/mol. The molecule has 1 aromatic carbocycles. The van der Waals surface area contributed by atoms with Crippen LogP contribution in [0.3, 0.4) is 0 Å². The normalized spacial score (nSPS) is 11.6. The zero-order chi connectivity index (χ0) is 19.9. The third-order valence-electron chi connectivity index (χ3n) is 4.05. The molecular formula is C20H31Cl2N5O2. The monoisotopic (exact) mass is 443 g/mol. The fraction of sp³-hybridized carbons (Fsp3) is 0.450. The van der Waals surface area contributed by atoms with Crippen LogP contribution in [-0.4, -0.2) is 40.5 Å². The smallest absolute Gasteiger partial charge is 0.237 e. The number of nitrogens with zero attached hydrogens (tertiary/aromatic N) is 2. The lowest BCUT2D eigenvalue weighted by Crippen LogP contribution is -2.45. The highest BCUT2D eigenvalue weighted by atomic mass is 35.5. The molecule has 162 valence electrons. The van der Waals surface area contributed by atoms with Crippen molar-refractivity contribution in [3.63, 3.8) is 0 Å². The Morgan fingerprint density at radius 3 is 2.34 bits per heavy atom. The number of carbonyl (C=O) groups excluding carboxylic acids is 2. The molecule has 0 radical (unpaired) electrons. The highest BCUT2D eigenvalue weighted by molar-refractivity contribution is 5.85. The van der Waals surface area contributed by atoms with Gasteiger partial charge in [-0.1, -0.05) is 51.1 Å². The quantitative estimate of drug-likeness (QED) is 0.542. The van der Waals surface area contributed by atoms with Gasteiger partial charge >= 0.3 is 0 Å². The fourth-order valence-electron chi connectivity index (χ4n) is 2.47. The third kappa shape index (κ3) is 9.30. The summed E-state index contributed by atoms with van der Waals surface area (Å²) in [6.07, 6.45) is 4.01. The Morgan fingerprint density at radius 2 is 1.72 bits per heavy atom. The van der Waals surface area contributed by atoms with E-state index >= 15 is 0 Å². The van der Waals surface area contributed by atoms with E-state index in [2.05, 4.69) is 27.8 Å². The Morgan fingerprint density at radius 1 is 1.10 bits per heavy atom. The molecule has 1 aromatic heterocycles. The van der Waals surface area contributed by atoms with Gasteiger partial charge in [-0.25, -0.2) is 4.98 Å². The van der Waals surface area contributed by atoms with Gasteiger partial charge in [0, 0.05) is 37.7 Å². The van der Waals surface area contributed by atoms with Crippen LogP contribution in [0.15, 0.2) is 42.9 Å². The molecule has 0 fully saturated rings. The van der Waals surface area contributed by atoms with Crippen LogP contribution in [0.2, 0.25) is 0 Å².